The van der Waals surface area contributed by atoms with Crippen LogP contribution in [0.3, 0.4) is 0 Å². The zero-order valence-corrected chi connectivity index (χ0v) is 15.2. The number of methoxy groups -OCH3 is 1. The predicted octanol–water partition coefficient (Wildman–Crippen LogP) is 3.37. The fourth-order valence-electron chi connectivity index (χ4n) is 3.23. The minimum Gasteiger partial charge on any atom is -0.423 e. The van der Waals surface area contributed by atoms with Gasteiger partial charge in [0.2, 0.25) is 12.3 Å². The van der Waals surface area contributed by atoms with Crippen LogP contribution in [0.15, 0.2) is 29.0 Å². The van der Waals surface area contributed by atoms with E-state index in [1.807, 2.05) is 25.1 Å². The maximum Gasteiger partial charge on any atom is 0.319 e. The van der Waals surface area contributed by atoms with Gasteiger partial charge in [-0.25, -0.2) is 4.79 Å². The van der Waals surface area contributed by atoms with Gasteiger partial charge in [-0.15, -0.1) is 10.2 Å². The van der Waals surface area contributed by atoms with E-state index in [4.69, 9.17) is 9.15 Å². The van der Waals surface area contributed by atoms with Crippen LogP contribution in [0, 0.1) is 12.3 Å². The van der Waals surface area contributed by atoms with E-state index in [0.29, 0.717) is 11.6 Å². The zero-order valence-electron chi connectivity index (χ0n) is 15.2. The molecule has 2 aromatic rings. The molecule has 0 saturated heterocycles. The number of aromatic nitrogens is 2. The molecule has 1 heterocycles. The molecule has 0 spiro atoms. The van der Waals surface area contributed by atoms with E-state index in [-0.39, 0.29) is 23.1 Å². The maximum absolute atomic E-state index is 12.4. The Kier molecular flexibility index (Phi) is 4.28. The van der Waals surface area contributed by atoms with Crippen LogP contribution in [-0.4, -0.2) is 35.0 Å². The third-order valence-corrected chi connectivity index (χ3v) is 5.68. The molecule has 3 rings (SSSR count). The van der Waals surface area contributed by atoms with Crippen LogP contribution in [0.5, 0.6) is 0 Å². The van der Waals surface area contributed by atoms with Gasteiger partial charge >= 0.3 is 6.03 Å². The quantitative estimate of drug-likeness (QED) is 0.887. The first kappa shape index (κ1) is 17.4. The van der Waals surface area contributed by atoms with Crippen LogP contribution < -0.4 is 10.6 Å². The minimum atomic E-state index is -0.234. The summed E-state index contributed by atoms with van der Waals surface area (Å²) in [4.78, 5) is 12.4. The highest BCUT2D eigenvalue weighted by Gasteiger charge is 2.58. The Hall–Kier alpha value is -2.41. The molecule has 134 valence electrons. The normalized spacial score (nSPS) is 24.4. The van der Waals surface area contributed by atoms with Gasteiger partial charge in [-0.2, -0.15) is 0 Å². The van der Waals surface area contributed by atoms with Gasteiger partial charge in [-0.05, 0) is 38.0 Å². The molecule has 1 fully saturated rings. The van der Waals surface area contributed by atoms with Crippen molar-refractivity contribution in [3.8, 4) is 11.5 Å². The Balaban J connectivity index is 1.69. The van der Waals surface area contributed by atoms with Crippen molar-refractivity contribution in [1.82, 2.24) is 15.5 Å². The Morgan fingerprint density at radius 2 is 2.12 bits per heavy atom. The first-order chi connectivity index (χ1) is 11.8. The summed E-state index contributed by atoms with van der Waals surface area (Å²) in [5, 5.41) is 13.5. The molecular formula is C18H24N4O3. The molecule has 0 unspecified atom stereocenters. The third-order valence-electron chi connectivity index (χ3n) is 5.68. The molecule has 0 bridgehead atoms. The summed E-state index contributed by atoms with van der Waals surface area (Å²) in [7, 11) is 1.71. The lowest BCUT2D eigenvalue weighted by molar-refractivity contribution is -0.177. The van der Waals surface area contributed by atoms with Crippen molar-refractivity contribution in [2.24, 2.45) is 5.41 Å². The largest absolute Gasteiger partial charge is 0.423 e. The van der Waals surface area contributed by atoms with Crippen LogP contribution >= 0.6 is 0 Å². The van der Waals surface area contributed by atoms with Gasteiger partial charge in [0.15, 0.2) is 0 Å². The predicted molar refractivity (Wildman–Crippen MR) is 94.2 cm³/mol. The first-order valence-electron chi connectivity index (χ1n) is 8.27. The number of rotatable bonds is 4. The summed E-state index contributed by atoms with van der Waals surface area (Å²) in [5.74, 6) is 0.416. The van der Waals surface area contributed by atoms with Crippen molar-refractivity contribution >= 4 is 11.7 Å². The van der Waals surface area contributed by atoms with Gasteiger partial charge in [-0.1, -0.05) is 19.9 Å². The van der Waals surface area contributed by atoms with E-state index in [2.05, 4.69) is 41.6 Å². The van der Waals surface area contributed by atoms with Crippen LogP contribution in [-0.2, 0) is 4.74 Å². The number of hydrogen-bond donors (Lipinski definition) is 2. The van der Waals surface area contributed by atoms with E-state index in [9.17, 15) is 4.79 Å². The van der Waals surface area contributed by atoms with Crippen LogP contribution in [0.2, 0.25) is 0 Å². The fraction of sp³-hybridized carbons (Fsp3) is 0.500. The zero-order chi connectivity index (χ0) is 18.2. The highest BCUT2D eigenvalue weighted by molar-refractivity contribution is 5.91. The molecule has 25 heavy (non-hydrogen) atoms. The average Bonchev–Trinajstić information content (AvgIpc) is 3.10. The van der Waals surface area contributed by atoms with Gasteiger partial charge in [0.25, 0.3) is 0 Å². The second kappa shape index (κ2) is 6.15. The molecule has 7 heteroatoms. The van der Waals surface area contributed by atoms with Crippen molar-refractivity contribution in [3.05, 3.63) is 30.2 Å². The van der Waals surface area contributed by atoms with Crippen LogP contribution in [0.1, 0.15) is 32.8 Å². The standard InChI is InChI=1S/C18H24N4O3/c1-11-6-7-12(15-22-19-10-25-15)8-13(11)20-16(23)21-14-9-18(4,24-5)17(14,2)3/h6-8,10,14H,9H2,1-5H3,(H2,20,21,23)/t14-,18-/m1/s1. The maximum atomic E-state index is 12.4. The number of aryl methyl sites for hydroxylation is 1. The molecule has 1 aliphatic rings. The van der Waals surface area contributed by atoms with Gasteiger partial charge < -0.3 is 19.8 Å². The molecule has 7 nitrogen and oxygen atoms in total. The summed E-state index contributed by atoms with van der Waals surface area (Å²) in [6.45, 7) is 8.21. The smallest absolute Gasteiger partial charge is 0.319 e. The van der Waals surface area contributed by atoms with Crippen molar-refractivity contribution in [2.75, 3.05) is 12.4 Å². The van der Waals surface area contributed by atoms with Crippen LogP contribution in [0.4, 0.5) is 10.5 Å². The topological polar surface area (TPSA) is 89.3 Å². The molecule has 2 atom stereocenters. The number of nitrogens with zero attached hydrogens (tertiary/aromatic N) is 2. The van der Waals surface area contributed by atoms with E-state index in [1.54, 1.807) is 7.11 Å². The summed E-state index contributed by atoms with van der Waals surface area (Å²) < 4.78 is 10.8. The number of anilines is 1. The summed E-state index contributed by atoms with van der Waals surface area (Å²) in [6.07, 6.45) is 2.06. The van der Waals surface area contributed by atoms with Crippen molar-refractivity contribution < 1.29 is 13.9 Å². The summed E-state index contributed by atoms with van der Waals surface area (Å²) in [6, 6.07) is 5.43. The lowest BCUT2D eigenvalue weighted by atomic mass is 9.56. The highest BCUT2D eigenvalue weighted by Crippen LogP contribution is 2.51. The third kappa shape index (κ3) is 3.00. The van der Waals surface area contributed by atoms with E-state index < -0.39 is 0 Å². The number of urea groups is 1. The summed E-state index contributed by atoms with van der Waals surface area (Å²) >= 11 is 0. The summed E-state index contributed by atoms with van der Waals surface area (Å²) in [5.41, 5.74) is 2.06. The Morgan fingerprint density at radius 1 is 1.36 bits per heavy atom. The van der Waals surface area contributed by atoms with Crippen LogP contribution in [0.25, 0.3) is 11.5 Å². The molecular weight excluding hydrogens is 320 g/mol. The molecule has 2 N–H and O–H groups in total. The lowest BCUT2D eigenvalue weighted by Gasteiger charge is -2.59. The molecule has 0 radical (unpaired) electrons. The molecule has 0 aliphatic heterocycles. The molecule has 1 aromatic heterocycles. The molecule has 1 saturated carbocycles. The first-order valence-corrected chi connectivity index (χ1v) is 8.27. The number of ether oxygens (including phenoxy) is 1. The highest BCUT2D eigenvalue weighted by atomic mass is 16.5. The lowest BCUT2D eigenvalue weighted by Crippen LogP contribution is -2.68. The van der Waals surface area contributed by atoms with Gasteiger partial charge in [-0.3, -0.25) is 0 Å². The number of carbonyl (C=O) groups is 1. The van der Waals surface area contributed by atoms with E-state index in [1.165, 1.54) is 6.39 Å². The Morgan fingerprint density at radius 3 is 2.72 bits per heavy atom. The monoisotopic (exact) mass is 344 g/mol. The second-order valence-corrected chi connectivity index (χ2v) is 7.29. The van der Waals surface area contributed by atoms with Crippen molar-refractivity contribution in [3.63, 3.8) is 0 Å². The second-order valence-electron chi connectivity index (χ2n) is 7.29. The van der Waals surface area contributed by atoms with Gasteiger partial charge in [0.1, 0.15) is 0 Å². The minimum absolute atomic E-state index is 0.0527. The van der Waals surface area contributed by atoms with E-state index in [0.717, 1.165) is 17.5 Å². The van der Waals surface area contributed by atoms with Gasteiger partial charge in [0.05, 0.1) is 5.60 Å². The Labute approximate surface area is 147 Å². The number of nitrogens with one attached hydrogen (secondary N) is 2. The van der Waals surface area contributed by atoms with E-state index >= 15 is 0 Å². The van der Waals surface area contributed by atoms with Crippen molar-refractivity contribution in [2.45, 2.75) is 45.8 Å². The number of amides is 2. The fourth-order valence-corrected chi connectivity index (χ4v) is 3.23. The number of benzene rings is 1. The Bertz CT molecular complexity index is 773. The SMILES string of the molecule is CO[C@]1(C)C[C@@H](NC(=O)Nc2cc(-c3nnco3)ccc2C)C1(C)C. The molecule has 1 aliphatic carbocycles. The number of carbonyl (C=O) groups excluding carboxylic acids is 1. The number of hydrogen-bond acceptors (Lipinski definition) is 5. The molecule has 2 amide bonds. The van der Waals surface area contributed by atoms with Gasteiger partial charge in [0, 0.05) is 29.8 Å². The molecule has 1 aromatic carbocycles. The average molecular weight is 344 g/mol. The van der Waals surface area contributed by atoms with Crippen molar-refractivity contribution in [1.29, 1.82) is 0 Å².